The van der Waals surface area contributed by atoms with Gasteiger partial charge in [-0.25, -0.2) is 4.98 Å². The van der Waals surface area contributed by atoms with Crippen molar-refractivity contribution in [1.29, 1.82) is 0 Å². The second-order valence-electron chi connectivity index (χ2n) is 4.26. The number of rotatable bonds is 8. The third kappa shape index (κ3) is 6.06. The second kappa shape index (κ2) is 7.84. The van der Waals surface area contributed by atoms with Crippen LogP contribution in [0.1, 0.15) is 20.3 Å². The van der Waals surface area contributed by atoms with Gasteiger partial charge in [0.15, 0.2) is 0 Å². The molecule has 1 heterocycles. The van der Waals surface area contributed by atoms with E-state index in [1.807, 2.05) is 6.07 Å². The van der Waals surface area contributed by atoms with E-state index in [9.17, 15) is 0 Å². The van der Waals surface area contributed by atoms with Crippen LogP contribution in [-0.4, -0.2) is 36.8 Å². The third-order valence-corrected chi connectivity index (χ3v) is 2.10. The zero-order chi connectivity index (χ0) is 12.5. The van der Waals surface area contributed by atoms with Gasteiger partial charge in [-0.05, 0) is 18.4 Å². The molecule has 0 bridgehead atoms. The van der Waals surface area contributed by atoms with Gasteiger partial charge < -0.3 is 15.4 Å². The molecule has 0 aliphatic carbocycles. The lowest BCUT2D eigenvalue weighted by molar-refractivity contribution is 0.110. The Labute approximate surface area is 103 Å². The topological polar surface area (TPSA) is 59.1 Å². The fourth-order valence-electron chi connectivity index (χ4n) is 1.29. The summed E-state index contributed by atoms with van der Waals surface area (Å²) in [4.78, 5) is 8.31. The predicted octanol–water partition coefficient (Wildman–Crippen LogP) is 1.99. The zero-order valence-electron chi connectivity index (χ0n) is 10.9. The molecule has 2 N–H and O–H groups in total. The molecule has 0 saturated carbocycles. The monoisotopic (exact) mass is 238 g/mol. The van der Waals surface area contributed by atoms with E-state index in [1.165, 1.54) is 0 Å². The smallest absolute Gasteiger partial charge is 0.224 e. The van der Waals surface area contributed by atoms with Gasteiger partial charge in [0, 0.05) is 33.0 Å². The maximum Gasteiger partial charge on any atom is 0.224 e. The number of hydrogen-bond acceptors (Lipinski definition) is 5. The van der Waals surface area contributed by atoms with E-state index in [4.69, 9.17) is 4.74 Å². The summed E-state index contributed by atoms with van der Waals surface area (Å²) in [5.41, 5.74) is 0. The molecular formula is C12H22N4O. The first-order valence-electron chi connectivity index (χ1n) is 6.04. The third-order valence-electron chi connectivity index (χ3n) is 2.10. The van der Waals surface area contributed by atoms with Crippen LogP contribution in [-0.2, 0) is 4.74 Å². The van der Waals surface area contributed by atoms with Crippen LogP contribution in [0.2, 0.25) is 0 Å². The van der Waals surface area contributed by atoms with E-state index in [1.54, 1.807) is 13.2 Å². The van der Waals surface area contributed by atoms with Crippen LogP contribution in [0.15, 0.2) is 12.3 Å². The van der Waals surface area contributed by atoms with Gasteiger partial charge in [0.2, 0.25) is 5.95 Å². The van der Waals surface area contributed by atoms with Crippen molar-refractivity contribution in [2.45, 2.75) is 20.3 Å². The molecule has 17 heavy (non-hydrogen) atoms. The first-order chi connectivity index (χ1) is 8.22. The molecule has 0 atom stereocenters. The molecule has 0 saturated heterocycles. The number of nitrogens with one attached hydrogen (secondary N) is 2. The van der Waals surface area contributed by atoms with Crippen molar-refractivity contribution < 1.29 is 4.74 Å². The molecular weight excluding hydrogens is 216 g/mol. The largest absolute Gasteiger partial charge is 0.381 e. The molecule has 0 aliphatic heterocycles. The van der Waals surface area contributed by atoms with Crippen molar-refractivity contribution >= 4 is 11.8 Å². The van der Waals surface area contributed by atoms with Gasteiger partial charge in [0.05, 0.1) is 0 Å². The lowest BCUT2D eigenvalue weighted by Gasteiger charge is -2.08. The Morgan fingerprint density at radius 2 is 2.24 bits per heavy atom. The fraction of sp³-hybridized carbons (Fsp3) is 0.667. The molecule has 0 spiro atoms. The summed E-state index contributed by atoms with van der Waals surface area (Å²) in [5, 5.41) is 6.14. The van der Waals surface area contributed by atoms with Crippen molar-refractivity contribution in [2.24, 2.45) is 5.92 Å². The van der Waals surface area contributed by atoms with E-state index >= 15 is 0 Å². The summed E-state index contributed by atoms with van der Waals surface area (Å²) in [6.07, 6.45) is 2.71. The normalized spacial score (nSPS) is 10.6. The van der Waals surface area contributed by atoms with Crippen molar-refractivity contribution in [3.63, 3.8) is 0 Å². The molecule has 0 aromatic carbocycles. The van der Waals surface area contributed by atoms with E-state index in [0.717, 1.165) is 32.0 Å². The highest BCUT2D eigenvalue weighted by Gasteiger charge is 1.97. The first-order valence-corrected chi connectivity index (χ1v) is 6.04. The molecule has 0 fully saturated rings. The highest BCUT2D eigenvalue weighted by molar-refractivity contribution is 5.38. The van der Waals surface area contributed by atoms with Crippen molar-refractivity contribution in [3.05, 3.63) is 12.3 Å². The minimum absolute atomic E-state index is 0.600. The molecule has 5 heteroatoms. The number of ether oxygens (including phenoxy) is 1. The zero-order valence-corrected chi connectivity index (χ0v) is 10.9. The van der Waals surface area contributed by atoms with Crippen LogP contribution < -0.4 is 10.6 Å². The summed E-state index contributed by atoms with van der Waals surface area (Å²) >= 11 is 0. The van der Waals surface area contributed by atoms with Crippen LogP contribution in [0.25, 0.3) is 0 Å². The molecule has 0 unspecified atom stereocenters. The number of anilines is 2. The summed E-state index contributed by atoms with van der Waals surface area (Å²) in [5.74, 6) is 2.07. The van der Waals surface area contributed by atoms with Crippen LogP contribution in [0, 0.1) is 5.92 Å². The Morgan fingerprint density at radius 1 is 1.41 bits per heavy atom. The highest BCUT2D eigenvalue weighted by Crippen LogP contribution is 2.04. The summed E-state index contributed by atoms with van der Waals surface area (Å²) < 4.78 is 5.49. The molecule has 1 aromatic heterocycles. The van der Waals surface area contributed by atoms with Crippen LogP contribution in [0.5, 0.6) is 0 Å². The Bertz CT molecular complexity index is 317. The molecule has 1 rings (SSSR count). The van der Waals surface area contributed by atoms with Gasteiger partial charge in [-0.2, -0.15) is 4.98 Å². The Kier molecular flexibility index (Phi) is 6.32. The molecule has 0 radical (unpaired) electrons. The lowest BCUT2D eigenvalue weighted by Crippen LogP contribution is -2.09. The van der Waals surface area contributed by atoms with Gasteiger partial charge in [0.1, 0.15) is 5.82 Å². The maximum atomic E-state index is 5.49. The van der Waals surface area contributed by atoms with E-state index in [2.05, 4.69) is 34.4 Å². The number of nitrogens with zero attached hydrogens (tertiary/aromatic N) is 2. The van der Waals surface area contributed by atoms with Crippen molar-refractivity contribution in [1.82, 2.24) is 9.97 Å². The van der Waals surface area contributed by atoms with Gasteiger partial charge in [0.25, 0.3) is 0 Å². The quantitative estimate of drug-likeness (QED) is 0.678. The summed E-state index contributed by atoms with van der Waals surface area (Å²) in [7, 11) is 1.80. The molecule has 5 nitrogen and oxygen atoms in total. The minimum atomic E-state index is 0.600. The van der Waals surface area contributed by atoms with Crippen molar-refractivity contribution in [2.75, 3.05) is 37.4 Å². The SMILES string of the molecule is CNc1nccc(NCCCOCC(C)C)n1. The van der Waals surface area contributed by atoms with Crippen LogP contribution in [0.3, 0.4) is 0 Å². The van der Waals surface area contributed by atoms with Crippen LogP contribution in [0.4, 0.5) is 11.8 Å². The van der Waals surface area contributed by atoms with Gasteiger partial charge in [-0.3, -0.25) is 0 Å². The Morgan fingerprint density at radius 3 is 2.94 bits per heavy atom. The minimum Gasteiger partial charge on any atom is -0.381 e. The van der Waals surface area contributed by atoms with E-state index < -0.39 is 0 Å². The Hall–Kier alpha value is -1.36. The van der Waals surface area contributed by atoms with Crippen molar-refractivity contribution in [3.8, 4) is 0 Å². The molecule has 96 valence electrons. The fourth-order valence-corrected chi connectivity index (χ4v) is 1.29. The number of aromatic nitrogens is 2. The second-order valence-corrected chi connectivity index (χ2v) is 4.26. The first kappa shape index (κ1) is 13.7. The van der Waals surface area contributed by atoms with Gasteiger partial charge in [-0.15, -0.1) is 0 Å². The van der Waals surface area contributed by atoms with Gasteiger partial charge >= 0.3 is 0 Å². The highest BCUT2D eigenvalue weighted by atomic mass is 16.5. The molecule has 0 amide bonds. The standard InChI is InChI=1S/C12H22N4O/c1-10(2)9-17-8-4-6-14-11-5-7-15-12(13-3)16-11/h5,7,10H,4,6,8-9H2,1-3H3,(H2,13,14,15,16). The molecule has 1 aromatic rings. The average Bonchev–Trinajstić information content (AvgIpc) is 2.33. The Balaban J connectivity index is 2.13. The van der Waals surface area contributed by atoms with Crippen LogP contribution >= 0.6 is 0 Å². The maximum absolute atomic E-state index is 5.49. The summed E-state index contributed by atoms with van der Waals surface area (Å²) in [6.45, 7) is 6.78. The lowest BCUT2D eigenvalue weighted by atomic mass is 10.2. The van der Waals surface area contributed by atoms with Gasteiger partial charge in [-0.1, -0.05) is 13.8 Å². The average molecular weight is 238 g/mol. The predicted molar refractivity (Wildman–Crippen MR) is 70.3 cm³/mol. The summed E-state index contributed by atoms with van der Waals surface area (Å²) in [6, 6.07) is 1.86. The number of hydrogen-bond donors (Lipinski definition) is 2. The van der Waals surface area contributed by atoms with E-state index in [0.29, 0.717) is 11.9 Å². The molecule has 0 aliphatic rings. The van der Waals surface area contributed by atoms with E-state index in [-0.39, 0.29) is 0 Å².